The van der Waals surface area contributed by atoms with Crippen LogP contribution < -0.4 is 0 Å². The summed E-state index contributed by atoms with van der Waals surface area (Å²) in [5.74, 6) is -1.90. The van der Waals surface area contributed by atoms with Crippen LogP contribution in [-0.2, 0) is 11.2 Å². The minimum Gasteiger partial charge on any atom is -0.339 e. The summed E-state index contributed by atoms with van der Waals surface area (Å²) in [5, 5.41) is 3.61. The molecule has 1 aromatic heterocycles. The van der Waals surface area contributed by atoms with Crippen LogP contribution in [0, 0.1) is 11.6 Å². The van der Waals surface area contributed by atoms with Gasteiger partial charge in [0, 0.05) is 5.56 Å². The van der Waals surface area contributed by atoms with Gasteiger partial charge in [0.1, 0.15) is 5.78 Å². The first kappa shape index (κ1) is 12.8. The van der Waals surface area contributed by atoms with Crippen molar-refractivity contribution < 1.29 is 18.1 Å². The molecule has 0 bridgehead atoms. The molecule has 0 atom stereocenters. The third-order valence-electron chi connectivity index (χ3n) is 2.14. The maximum atomic E-state index is 13.3. The molecular formula is C11H7BrF2N2O2. The highest BCUT2D eigenvalue weighted by atomic mass is 79.9. The predicted molar refractivity (Wildman–Crippen MR) is 61.7 cm³/mol. The number of carbonyl (C=O) groups is 1. The molecule has 0 saturated carbocycles. The molecule has 1 aromatic carbocycles. The second kappa shape index (κ2) is 4.93. The minimum absolute atomic E-state index is 0.00823. The summed E-state index contributed by atoms with van der Waals surface area (Å²) in [4.78, 5) is 14.8. The molecule has 0 fully saturated rings. The van der Waals surface area contributed by atoms with E-state index < -0.39 is 11.6 Å². The summed E-state index contributed by atoms with van der Waals surface area (Å²) >= 11 is 2.92. The van der Waals surface area contributed by atoms with Crippen molar-refractivity contribution in [2.45, 2.75) is 13.3 Å². The van der Waals surface area contributed by atoms with Gasteiger partial charge in [-0.25, -0.2) is 8.78 Å². The molecule has 0 aliphatic carbocycles. The Balaban J connectivity index is 2.40. The Morgan fingerprint density at radius 1 is 1.44 bits per heavy atom. The fraction of sp³-hybridized carbons (Fsp3) is 0.182. The number of Topliss-reactive ketones (excluding diaryl/α,β-unsaturated/α-hetero) is 1. The van der Waals surface area contributed by atoms with Crippen molar-refractivity contribution in [2.75, 3.05) is 0 Å². The van der Waals surface area contributed by atoms with E-state index in [9.17, 15) is 13.6 Å². The highest BCUT2D eigenvalue weighted by Crippen LogP contribution is 2.29. The van der Waals surface area contributed by atoms with Gasteiger partial charge in [-0.1, -0.05) is 5.16 Å². The van der Waals surface area contributed by atoms with Gasteiger partial charge in [0.05, 0.1) is 10.9 Å². The lowest BCUT2D eigenvalue weighted by Gasteiger charge is -2.00. The summed E-state index contributed by atoms with van der Waals surface area (Å²) in [6, 6.07) is 2.29. The molecule has 0 spiro atoms. The van der Waals surface area contributed by atoms with Crippen molar-refractivity contribution >= 4 is 21.7 Å². The van der Waals surface area contributed by atoms with Gasteiger partial charge in [-0.05, 0) is 35.0 Å². The van der Waals surface area contributed by atoms with Crippen LogP contribution in [0.4, 0.5) is 8.78 Å². The van der Waals surface area contributed by atoms with Crippen LogP contribution in [0.3, 0.4) is 0 Å². The van der Waals surface area contributed by atoms with Crippen molar-refractivity contribution in [3.63, 3.8) is 0 Å². The van der Waals surface area contributed by atoms with Crippen molar-refractivity contribution in [1.29, 1.82) is 0 Å². The SMILES string of the molecule is CC(=O)Cc1nc(-c2ccc(F)c(F)c2Br)no1. The quantitative estimate of drug-likeness (QED) is 0.817. The molecule has 2 aromatic rings. The van der Waals surface area contributed by atoms with Crippen molar-refractivity contribution in [2.24, 2.45) is 0 Å². The molecular weight excluding hydrogens is 310 g/mol. The molecule has 0 saturated heterocycles. The second-order valence-electron chi connectivity index (χ2n) is 3.61. The van der Waals surface area contributed by atoms with Gasteiger partial charge in [-0.15, -0.1) is 0 Å². The van der Waals surface area contributed by atoms with E-state index in [1.807, 2.05) is 0 Å². The molecule has 0 aliphatic rings. The fourth-order valence-electron chi connectivity index (χ4n) is 1.35. The first-order valence-corrected chi connectivity index (χ1v) is 5.74. The number of nitrogens with zero attached hydrogens (tertiary/aromatic N) is 2. The zero-order valence-electron chi connectivity index (χ0n) is 9.21. The Labute approximate surface area is 109 Å². The summed E-state index contributed by atoms with van der Waals surface area (Å²) < 4.78 is 31.0. The Kier molecular flexibility index (Phi) is 3.51. The van der Waals surface area contributed by atoms with Crippen molar-refractivity contribution in [3.8, 4) is 11.4 Å². The highest BCUT2D eigenvalue weighted by molar-refractivity contribution is 9.10. The minimum atomic E-state index is -1.02. The summed E-state index contributed by atoms with van der Waals surface area (Å²) in [7, 11) is 0. The molecule has 7 heteroatoms. The molecule has 0 N–H and O–H groups in total. The molecule has 2 rings (SSSR count). The van der Waals surface area contributed by atoms with E-state index in [4.69, 9.17) is 4.52 Å². The van der Waals surface area contributed by atoms with E-state index in [0.29, 0.717) is 0 Å². The number of aromatic nitrogens is 2. The maximum Gasteiger partial charge on any atom is 0.234 e. The van der Waals surface area contributed by atoms with Crippen LogP contribution in [0.2, 0.25) is 0 Å². The predicted octanol–water partition coefficient (Wildman–Crippen LogP) is 2.91. The number of benzene rings is 1. The Hall–Kier alpha value is -1.63. The average Bonchev–Trinajstić information content (AvgIpc) is 2.73. The largest absolute Gasteiger partial charge is 0.339 e. The normalized spacial score (nSPS) is 10.7. The zero-order chi connectivity index (χ0) is 13.3. The average molecular weight is 317 g/mol. The molecule has 1 heterocycles. The van der Waals surface area contributed by atoms with E-state index in [0.717, 1.165) is 6.07 Å². The lowest BCUT2D eigenvalue weighted by molar-refractivity contribution is -0.116. The number of ketones is 1. The Morgan fingerprint density at radius 2 is 2.17 bits per heavy atom. The molecule has 18 heavy (non-hydrogen) atoms. The molecule has 0 unspecified atom stereocenters. The Morgan fingerprint density at radius 3 is 2.83 bits per heavy atom. The number of hydrogen-bond acceptors (Lipinski definition) is 4. The fourth-order valence-corrected chi connectivity index (χ4v) is 1.85. The lowest BCUT2D eigenvalue weighted by Crippen LogP contribution is -1.96. The van der Waals surface area contributed by atoms with Crippen LogP contribution in [0.5, 0.6) is 0 Å². The summed E-state index contributed by atoms with van der Waals surface area (Å²) in [6.07, 6.45) is 0.00823. The van der Waals surface area contributed by atoms with Crippen LogP contribution in [0.1, 0.15) is 12.8 Å². The van der Waals surface area contributed by atoms with E-state index in [1.54, 1.807) is 0 Å². The third kappa shape index (κ3) is 2.45. The second-order valence-corrected chi connectivity index (χ2v) is 4.41. The lowest BCUT2D eigenvalue weighted by atomic mass is 10.2. The maximum absolute atomic E-state index is 13.3. The topological polar surface area (TPSA) is 56.0 Å². The monoisotopic (exact) mass is 316 g/mol. The molecule has 0 radical (unpaired) electrons. The zero-order valence-corrected chi connectivity index (χ0v) is 10.8. The van der Waals surface area contributed by atoms with Gasteiger partial charge < -0.3 is 4.52 Å². The number of rotatable bonds is 3. The van der Waals surface area contributed by atoms with E-state index in [-0.39, 0.29) is 34.0 Å². The van der Waals surface area contributed by atoms with Crippen LogP contribution >= 0.6 is 15.9 Å². The smallest absolute Gasteiger partial charge is 0.234 e. The van der Waals surface area contributed by atoms with E-state index in [2.05, 4.69) is 26.1 Å². The number of halogens is 3. The van der Waals surface area contributed by atoms with Crippen LogP contribution in [0.25, 0.3) is 11.4 Å². The van der Waals surface area contributed by atoms with Gasteiger partial charge in [0.2, 0.25) is 11.7 Å². The Bertz CT molecular complexity index is 613. The van der Waals surface area contributed by atoms with Gasteiger partial charge in [-0.2, -0.15) is 4.98 Å². The summed E-state index contributed by atoms with van der Waals surface area (Å²) in [6.45, 7) is 1.39. The number of carbonyl (C=O) groups excluding carboxylic acids is 1. The molecule has 4 nitrogen and oxygen atoms in total. The third-order valence-corrected chi connectivity index (χ3v) is 2.92. The first-order valence-electron chi connectivity index (χ1n) is 4.95. The highest BCUT2D eigenvalue weighted by Gasteiger charge is 2.17. The standard InChI is InChI=1S/C11H7BrF2N2O2/c1-5(17)4-8-15-11(16-18-8)6-2-3-7(13)10(14)9(6)12/h2-3H,4H2,1H3. The van der Waals surface area contributed by atoms with Gasteiger partial charge in [-0.3, -0.25) is 4.79 Å². The molecule has 0 amide bonds. The van der Waals surface area contributed by atoms with Gasteiger partial charge in [0.25, 0.3) is 0 Å². The van der Waals surface area contributed by atoms with E-state index in [1.165, 1.54) is 13.0 Å². The van der Waals surface area contributed by atoms with Crippen molar-refractivity contribution in [1.82, 2.24) is 10.1 Å². The van der Waals surface area contributed by atoms with Gasteiger partial charge in [0.15, 0.2) is 11.6 Å². The van der Waals surface area contributed by atoms with Crippen molar-refractivity contribution in [3.05, 3.63) is 34.1 Å². The summed E-state index contributed by atoms with van der Waals surface area (Å²) in [5.41, 5.74) is 0.257. The van der Waals surface area contributed by atoms with Crippen LogP contribution in [0.15, 0.2) is 21.1 Å². The van der Waals surface area contributed by atoms with Gasteiger partial charge >= 0.3 is 0 Å². The molecule has 0 aliphatic heterocycles. The van der Waals surface area contributed by atoms with Crippen LogP contribution in [-0.4, -0.2) is 15.9 Å². The molecule has 94 valence electrons. The van der Waals surface area contributed by atoms with E-state index >= 15 is 0 Å². The first-order chi connectivity index (χ1) is 8.49. The number of hydrogen-bond donors (Lipinski definition) is 0.